The number of benzene rings is 2. The van der Waals surface area contributed by atoms with Crippen LogP contribution in [0.2, 0.25) is 0 Å². The summed E-state index contributed by atoms with van der Waals surface area (Å²) in [5.74, 6) is -0.598. The zero-order valence-electron chi connectivity index (χ0n) is 10.9. The maximum atomic E-state index is 12.4. The predicted octanol–water partition coefficient (Wildman–Crippen LogP) is 3.57. The van der Waals surface area contributed by atoms with E-state index in [2.05, 4.69) is 5.48 Å². The van der Waals surface area contributed by atoms with Crippen LogP contribution in [-0.2, 0) is 17.6 Å². The summed E-state index contributed by atoms with van der Waals surface area (Å²) >= 11 is 0. The van der Waals surface area contributed by atoms with E-state index in [0.29, 0.717) is 0 Å². The Morgan fingerprint density at radius 2 is 1.62 bits per heavy atom. The molecule has 6 heteroatoms. The summed E-state index contributed by atoms with van der Waals surface area (Å²) in [4.78, 5) is 16.7. The van der Waals surface area contributed by atoms with Crippen molar-refractivity contribution in [3.05, 3.63) is 71.3 Å². The maximum Gasteiger partial charge on any atom is 0.416 e. The van der Waals surface area contributed by atoms with Gasteiger partial charge in [0.1, 0.15) is 0 Å². The zero-order chi connectivity index (χ0) is 15.3. The first-order valence-electron chi connectivity index (χ1n) is 6.10. The van der Waals surface area contributed by atoms with Crippen molar-refractivity contribution in [1.29, 1.82) is 0 Å². The lowest BCUT2D eigenvalue weighted by atomic mass is 10.1. The maximum absolute atomic E-state index is 12.4. The highest BCUT2D eigenvalue weighted by atomic mass is 19.4. The molecular weight excluding hydrogens is 283 g/mol. The van der Waals surface area contributed by atoms with E-state index in [4.69, 9.17) is 4.84 Å². The van der Waals surface area contributed by atoms with Gasteiger partial charge in [0.15, 0.2) is 0 Å². The molecule has 0 radical (unpaired) electrons. The van der Waals surface area contributed by atoms with Crippen molar-refractivity contribution in [1.82, 2.24) is 5.48 Å². The second-order valence-corrected chi connectivity index (χ2v) is 4.28. The second-order valence-electron chi connectivity index (χ2n) is 4.28. The van der Waals surface area contributed by atoms with Crippen molar-refractivity contribution >= 4 is 5.91 Å². The van der Waals surface area contributed by atoms with Gasteiger partial charge in [0.05, 0.1) is 12.2 Å². The average Bonchev–Trinajstić information content (AvgIpc) is 2.47. The molecule has 3 nitrogen and oxygen atoms in total. The minimum atomic E-state index is -4.42. The second kappa shape index (κ2) is 6.41. The molecule has 0 aliphatic heterocycles. The molecule has 0 spiro atoms. The Morgan fingerprint density at radius 3 is 2.19 bits per heavy atom. The molecule has 0 heterocycles. The van der Waals surface area contributed by atoms with Gasteiger partial charge in [-0.25, -0.2) is 5.48 Å². The normalized spacial score (nSPS) is 11.2. The van der Waals surface area contributed by atoms with Gasteiger partial charge in [-0.1, -0.05) is 30.3 Å². The Balaban J connectivity index is 1.89. The van der Waals surface area contributed by atoms with Crippen LogP contribution in [-0.4, -0.2) is 5.91 Å². The standard InChI is InChI=1S/C15H12F3NO2/c16-15(17,18)13-8-6-12(7-9-13)14(20)19-21-10-11-4-2-1-3-5-11/h1-9H,10H2,(H,19,20). The van der Waals surface area contributed by atoms with E-state index >= 15 is 0 Å². The fourth-order valence-corrected chi connectivity index (χ4v) is 1.63. The van der Waals surface area contributed by atoms with Gasteiger partial charge < -0.3 is 0 Å². The fourth-order valence-electron chi connectivity index (χ4n) is 1.63. The molecule has 110 valence electrons. The Hall–Kier alpha value is -2.34. The third-order valence-corrected chi connectivity index (χ3v) is 2.72. The molecule has 1 N–H and O–H groups in total. The van der Waals surface area contributed by atoms with Crippen molar-refractivity contribution in [2.45, 2.75) is 12.8 Å². The van der Waals surface area contributed by atoms with Gasteiger partial charge in [0.2, 0.25) is 0 Å². The van der Waals surface area contributed by atoms with E-state index in [0.717, 1.165) is 29.8 Å². The zero-order valence-corrected chi connectivity index (χ0v) is 10.9. The molecule has 0 unspecified atom stereocenters. The van der Waals surface area contributed by atoms with E-state index in [1.165, 1.54) is 0 Å². The Morgan fingerprint density at radius 1 is 1.00 bits per heavy atom. The summed E-state index contributed by atoms with van der Waals surface area (Å²) in [6.07, 6.45) is -4.42. The van der Waals surface area contributed by atoms with E-state index in [1.807, 2.05) is 30.3 Å². The lowest BCUT2D eigenvalue weighted by Crippen LogP contribution is -2.23. The number of halogens is 3. The number of hydrogen-bond donors (Lipinski definition) is 1. The van der Waals surface area contributed by atoms with Crippen LogP contribution in [0.1, 0.15) is 21.5 Å². The lowest BCUT2D eigenvalue weighted by Gasteiger charge is -2.08. The summed E-state index contributed by atoms with van der Waals surface area (Å²) in [6.45, 7) is 0.174. The van der Waals surface area contributed by atoms with Crippen LogP contribution in [0.3, 0.4) is 0 Å². The van der Waals surface area contributed by atoms with E-state index in [-0.39, 0.29) is 12.2 Å². The fraction of sp³-hybridized carbons (Fsp3) is 0.133. The van der Waals surface area contributed by atoms with E-state index < -0.39 is 17.6 Å². The predicted molar refractivity (Wildman–Crippen MR) is 70.1 cm³/mol. The molecule has 0 aliphatic carbocycles. The molecule has 0 atom stereocenters. The van der Waals surface area contributed by atoms with Crippen LogP contribution in [0.4, 0.5) is 13.2 Å². The summed E-state index contributed by atoms with van der Waals surface area (Å²) < 4.78 is 37.2. The molecule has 0 bridgehead atoms. The van der Waals surface area contributed by atoms with Crippen molar-refractivity contribution in [3.8, 4) is 0 Å². The van der Waals surface area contributed by atoms with Gasteiger partial charge in [-0.15, -0.1) is 0 Å². The highest BCUT2D eigenvalue weighted by molar-refractivity contribution is 5.93. The SMILES string of the molecule is O=C(NOCc1ccccc1)c1ccc(C(F)(F)F)cc1. The first-order valence-corrected chi connectivity index (χ1v) is 6.10. The quantitative estimate of drug-likeness (QED) is 0.876. The van der Waals surface area contributed by atoms with E-state index in [1.54, 1.807) is 0 Å². The van der Waals surface area contributed by atoms with Crippen LogP contribution in [0.5, 0.6) is 0 Å². The van der Waals surface area contributed by atoms with Gasteiger partial charge in [-0.05, 0) is 29.8 Å². The van der Waals surface area contributed by atoms with Gasteiger partial charge >= 0.3 is 6.18 Å². The number of hydrogen-bond acceptors (Lipinski definition) is 2. The number of carbonyl (C=O) groups is 1. The summed E-state index contributed by atoms with van der Waals surface area (Å²) in [5.41, 5.74) is 2.34. The lowest BCUT2D eigenvalue weighted by molar-refractivity contribution is -0.137. The van der Waals surface area contributed by atoms with Crippen molar-refractivity contribution < 1.29 is 22.8 Å². The van der Waals surface area contributed by atoms with Gasteiger partial charge in [0.25, 0.3) is 5.91 Å². The molecule has 2 aromatic rings. The molecule has 2 rings (SSSR count). The summed E-state index contributed by atoms with van der Waals surface area (Å²) in [6, 6.07) is 13.1. The number of hydroxylamine groups is 1. The molecule has 0 saturated carbocycles. The first kappa shape index (κ1) is 15.1. The average molecular weight is 295 g/mol. The molecular formula is C15H12F3NO2. The highest BCUT2D eigenvalue weighted by Gasteiger charge is 2.30. The minimum absolute atomic E-state index is 0.0936. The highest BCUT2D eigenvalue weighted by Crippen LogP contribution is 2.29. The number of amides is 1. The largest absolute Gasteiger partial charge is 0.416 e. The number of carbonyl (C=O) groups excluding carboxylic acids is 1. The monoisotopic (exact) mass is 295 g/mol. The molecule has 2 aromatic carbocycles. The molecule has 1 amide bonds. The van der Waals surface area contributed by atoms with Crippen molar-refractivity contribution in [2.75, 3.05) is 0 Å². The van der Waals surface area contributed by atoms with Crippen LogP contribution in [0.15, 0.2) is 54.6 Å². The Kier molecular flexibility index (Phi) is 4.59. The molecule has 21 heavy (non-hydrogen) atoms. The van der Waals surface area contributed by atoms with E-state index in [9.17, 15) is 18.0 Å². The van der Waals surface area contributed by atoms with Crippen molar-refractivity contribution in [2.24, 2.45) is 0 Å². The first-order chi connectivity index (χ1) is 9.97. The van der Waals surface area contributed by atoms with Crippen LogP contribution in [0.25, 0.3) is 0 Å². The molecule has 0 aliphatic rings. The summed E-state index contributed by atoms with van der Waals surface area (Å²) in [7, 11) is 0. The minimum Gasteiger partial charge on any atom is -0.269 e. The summed E-state index contributed by atoms with van der Waals surface area (Å²) in [5, 5.41) is 0. The molecule has 0 aromatic heterocycles. The Labute approximate surface area is 119 Å². The van der Waals surface area contributed by atoms with Crippen LogP contribution in [0, 0.1) is 0 Å². The third-order valence-electron chi connectivity index (χ3n) is 2.72. The molecule has 0 fully saturated rings. The number of nitrogens with one attached hydrogen (secondary N) is 1. The third kappa shape index (κ3) is 4.32. The Bertz CT molecular complexity index is 595. The topological polar surface area (TPSA) is 38.3 Å². The van der Waals surface area contributed by atoms with Crippen LogP contribution >= 0.6 is 0 Å². The molecule has 0 saturated heterocycles. The van der Waals surface area contributed by atoms with Gasteiger partial charge in [-0.3, -0.25) is 9.63 Å². The smallest absolute Gasteiger partial charge is 0.269 e. The van der Waals surface area contributed by atoms with Crippen molar-refractivity contribution in [3.63, 3.8) is 0 Å². The van der Waals surface area contributed by atoms with Crippen LogP contribution < -0.4 is 5.48 Å². The number of alkyl halides is 3. The van der Waals surface area contributed by atoms with Gasteiger partial charge in [0, 0.05) is 5.56 Å². The van der Waals surface area contributed by atoms with Gasteiger partial charge in [-0.2, -0.15) is 13.2 Å². The number of rotatable bonds is 4.